The Hall–Kier alpha value is -1.90. The third-order valence-electron chi connectivity index (χ3n) is 2.81. The Morgan fingerprint density at radius 3 is 2.62 bits per heavy atom. The van der Waals surface area contributed by atoms with E-state index in [4.69, 9.17) is 5.11 Å². The van der Waals surface area contributed by atoms with Crippen molar-refractivity contribution in [1.82, 2.24) is 4.31 Å². The van der Waals surface area contributed by atoms with Crippen LogP contribution < -0.4 is 0 Å². The molecule has 1 aromatic heterocycles. The molecule has 0 spiro atoms. The zero-order chi connectivity index (χ0) is 15.6. The number of sulfonamides is 1. The van der Waals surface area contributed by atoms with Gasteiger partial charge in [0, 0.05) is 19.0 Å². The number of nitrogens with zero attached hydrogens (tertiary/aromatic N) is 1. The van der Waals surface area contributed by atoms with Crippen molar-refractivity contribution < 1.29 is 23.4 Å². The average molecular weight is 327 g/mol. The number of carboxylic acids is 1. The van der Waals surface area contributed by atoms with E-state index in [2.05, 4.69) is 0 Å². The van der Waals surface area contributed by atoms with Gasteiger partial charge in [0.1, 0.15) is 10.6 Å². The van der Waals surface area contributed by atoms with E-state index in [1.165, 1.54) is 24.6 Å². The van der Waals surface area contributed by atoms with E-state index in [1.54, 1.807) is 12.1 Å². The van der Waals surface area contributed by atoms with Crippen LogP contribution in [0.1, 0.15) is 15.2 Å². The van der Waals surface area contributed by atoms with Crippen LogP contribution in [0.5, 0.6) is 5.75 Å². The molecule has 112 valence electrons. The molecular formula is C13H13NO5S2. The Bertz CT molecular complexity index is 766. The first-order valence-electron chi connectivity index (χ1n) is 5.87. The molecule has 0 aliphatic carbocycles. The second-order valence-electron chi connectivity index (χ2n) is 4.38. The molecule has 6 nitrogen and oxygen atoms in total. The molecule has 0 fully saturated rings. The number of phenolic OH excluding ortho intramolecular Hbond substituents is 1. The minimum absolute atomic E-state index is 0.0284. The minimum atomic E-state index is -3.76. The quantitative estimate of drug-likeness (QED) is 0.875. The van der Waals surface area contributed by atoms with Gasteiger partial charge in [0.2, 0.25) is 10.0 Å². The highest BCUT2D eigenvalue weighted by Crippen LogP contribution is 2.23. The van der Waals surface area contributed by atoms with Gasteiger partial charge in [-0.3, -0.25) is 0 Å². The Kier molecular flexibility index (Phi) is 4.31. The predicted molar refractivity (Wildman–Crippen MR) is 78.0 cm³/mol. The van der Waals surface area contributed by atoms with Gasteiger partial charge in [-0.25, -0.2) is 13.2 Å². The molecule has 1 aromatic carbocycles. The predicted octanol–water partition coefficient (Wildman–Crippen LogP) is 1.97. The fraction of sp³-hybridized carbons (Fsp3) is 0.154. The second kappa shape index (κ2) is 5.84. The zero-order valence-electron chi connectivity index (χ0n) is 11.1. The van der Waals surface area contributed by atoms with Gasteiger partial charge in [0.25, 0.3) is 0 Å². The molecule has 21 heavy (non-hydrogen) atoms. The van der Waals surface area contributed by atoms with E-state index in [0.29, 0.717) is 5.56 Å². The number of benzene rings is 1. The van der Waals surface area contributed by atoms with Gasteiger partial charge >= 0.3 is 5.97 Å². The molecule has 0 aliphatic heterocycles. The van der Waals surface area contributed by atoms with Gasteiger partial charge in [-0.15, -0.1) is 11.3 Å². The van der Waals surface area contributed by atoms with Gasteiger partial charge in [-0.2, -0.15) is 4.31 Å². The number of thiophene rings is 1. The van der Waals surface area contributed by atoms with Crippen LogP contribution in [0.15, 0.2) is 40.6 Å². The smallest absolute Gasteiger partial charge is 0.345 e. The van der Waals surface area contributed by atoms with Crippen LogP contribution in [0, 0.1) is 0 Å². The fourth-order valence-electron chi connectivity index (χ4n) is 1.74. The standard InChI is InChI=1S/C13H13NO5S2/c1-14(7-9-3-2-4-10(15)5-9)21(18,19)11-6-12(13(16)17)20-8-11/h2-6,8,15H,7H2,1H3,(H,16,17). The molecule has 0 atom stereocenters. The van der Waals surface area contributed by atoms with Crippen LogP contribution in [0.3, 0.4) is 0 Å². The molecule has 2 rings (SSSR count). The lowest BCUT2D eigenvalue weighted by atomic mass is 10.2. The van der Waals surface area contributed by atoms with Crippen molar-refractivity contribution in [3.05, 3.63) is 46.2 Å². The van der Waals surface area contributed by atoms with Crippen molar-refractivity contribution in [3.63, 3.8) is 0 Å². The molecule has 0 aliphatic rings. The number of aromatic hydroxyl groups is 1. The van der Waals surface area contributed by atoms with E-state index in [9.17, 15) is 18.3 Å². The summed E-state index contributed by atoms with van der Waals surface area (Å²) < 4.78 is 25.8. The van der Waals surface area contributed by atoms with E-state index in [0.717, 1.165) is 21.7 Å². The highest BCUT2D eigenvalue weighted by Gasteiger charge is 2.23. The average Bonchev–Trinajstić information content (AvgIpc) is 2.89. The lowest BCUT2D eigenvalue weighted by molar-refractivity contribution is 0.0702. The van der Waals surface area contributed by atoms with Crippen molar-refractivity contribution in [1.29, 1.82) is 0 Å². The maximum atomic E-state index is 12.3. The van der Waals surface area contributed by atoms with E-state index in [-0.39, 0.29) is 22.1 Å². The summed E-state index contributed by atoms with van der Waals surface area (Å²) in [5.74, 6) is -1.10. The fourth-order valence-corrected chi connectivity index (χ4v) is 4.00. The summed E-state index contributed by atoms with van der Waals surface area (Å²) in [6.07, 6.45) is 0. The molecule has 0 amide bonds. The Morgan fingerprint density at radius 2 is 2.05 bits per heavy atom. The largest absolute Gasteiger partial charge is 0.508 e. The van der Waals surface area contributed by atoms with Crippen molar-refractivity contribution in [2.24, 2.45) is 0 Å². The van der Waals surface area contributed by atoms with Crippen LogP contribution in [-0.4, -0.2) is 36.0 Å². The first-order chi connectivity index (χ1) is 9.80. The summed E-state index contributed by atoms with van der Waals surface area (Å²) in [7, 11) is -2.36. The number of carbonyl (C=O) groups is 1. The molecular weight excluding hydrogens is 314 g/mol. The van der Waals surface area contributed by atoms with Gasteiger partial charge in [0.05, 0.1) is 4.90 Å². The zero-order valence-corrected chi connectivity index (χ0v) is 12.7. The summed E-state index contributed by atoms with van der Waals surface area (Å²) in [6, 6.07) is 7.43. The van der Waals surface area contributed by atoms with Crippen LogP contribution in [0.25, 0.3) is 0 Å². The number of rotatable bonds is 5. The van der Waals surface area contributed by atoms with E-state index in [1.807, 2.05) is 0 Å². The molecule has 8 heteroatoms. The summed E-state index contributed by atoms with van der Waals surface area (Å²) in [5.41, 5.74) is 0.634. The lowest BCUT2D eigenvalue weighted by Crippen LogP contribution is -2.26. The molecule has 0 saturated heterocycles. The number of hydrogen-bond acceptors (Lipinski definition) is 5. The maximum Gasteiger partial charge on any atom is 0.345 e. The summed E-state index contributed by atoms with van der Waals surface area (Å²) >= 11 is 0.865. The summed E-state index contributed by atoms with van der Waals surface area (Å²) in [6.45, 7) is 0.0784. The molecule has 0 saturated carbocycles. The minimum Gasteiger partial charge on any atom is -0.508 e. The molecule has 1 heterocycles. The van der Waals surface area contributed by atoms with Crippen LogP contribution >= 0.6 is 11.3 Å². The Labute approximate surface area is 125 Å². The topological polar surface area (TPSA) is 94.9 Å². The third kappa shape index (κ3) is 3.41. The summed E-state index contributed by atoms with van der Waals surface area (Å²) in [4.78, 5) is 10.7. The van der Waals surface area contributed by atoms with Crippen LogP contribution in [0.4, 0.5) is 0 Å². The van der Waals surface area contributed by atoms with Crippen LogP contribution in [0.2, 0.25) is 0 Å². The van der Waals surface area contributed by atoms with Crippen molar-refractivity contribution in [2.75, 3.05) is 7.05 Å². The number of hydrogen-bond donors (Lipinski definition) is 2. The number of phenols is 1. The van der Waals surface area contributed by atoms with Crippen molar-refractivity contribution >= 4 is 27.3 Å². The molecule has 2 aromatic rings. The van der Waals surface area contributed by atoms with Gasteiger partial charge in [-0.05, 0) is 23.8 Å². The molecule has 2 N–H and O–H groups in total. The monoisotopic (exact) mass is 327 g/mol. The first kappa shape index (κ1) is 15.5. The SMILES string of the molecule is CN(Cc1cccc(O)c1)S(=O)(=O)c1csc(C(=O)O)c1. The lowest BCUT2D eigenvalue weighted by Gasteiger charge is -2.16. The van der Waals surface area contributed by atoms with Crippen molar-refractivity contribution in [2.45, 2.75) is 11.4 Å². The number of carboxylic acid groups (broad SMARTS) is 1. The van der Waals surface area contributed by atoms with Gasteiger partial charge < -0.3 is 10.2 Å². The summed E-state index contributed by atoms with van der Waals surface area (Å²) in [5, 5.41) is 19.5. The Morgan fingerprint density at radius 1 is 1.33 bits per heavy atom. The Balaban J connectivity index is 2.23. The van der Waals surface area contributed by atoms with Gasteiger partial charge in [0.15, 0.2) is 0 Å². The second-order valence-corrected chi connectivity index (χ2v) is 7.34. The molecule has 0 bridgehead atoms. The van der Waals surface area contributed by atoms with E-state index < -0.39 is 16.0 Å². The highest BCUT2D eigenvalue weighted by molar-refractivity contribution is 7.89. The van der Waals surface area contributed by atoms with Crippen molar-refractivity contribution in [3.8, 4) is 5.75 Å². The number of aromatic carboxylic acids is 1. The van der Waals surface area contributed by atoms with Gasteiger partial charge in [-0.1, -0.05) is 12.1 Å². The molecule has 0 radical (unpaired) electrons. The highest BCUT2D eigenvalue weighted by atomic mass is 32.2. The van der Waals surface area contributed by atoms with E-state index >= 15 is 0 Å². The van der Waals surface area contributed by atoms with Crippen LogP contribution in [-0.2, 0) is 16.6 Å². The molecule has 0 unspecified atom stereocenters. The normalized spacial score (nSPS) is 11.7. The first-order valence-corrected chi connectivity index (χ1v) is 8.19. The third-order valence-corrected chi connectivity index (χ3v) is 5.66. The maximum absolute atomic E-state index is 12.3.